The van der Waals surface area contributed by atoms with Crippen LogP contribution in [0.1, 0.15) is 26.2 Å². The van der Waals surface area contributed by atoms with E-state index in [0.29, 0.717) is 0 Å². The van der Waals surface area contributed by atoms with Crippen molar-refractivity contribution < 1.29 is 34.8 Å². The minimum atomic E-state index is -1.77. The van der Waals surface area contributed by atoms with Crippen molar-refractivity contribution in [1.29, 1.82) is 0 Å². The van der Waals surface area contributed by atoms with E-state index in [0.717, 1.165) is 6.92 Å². The molecule has 0 saturated heterocycles. The summed E-state index contributed by atoms with van der Waals surface area (Å²) in [5.74, 6) is -3.95. The van der Waals surface area contributed by atoms with Gasteiger partial charge in [-0.05, 0) is 13.3 Å². The number of hydrogen-bond donors (Lipinski definition) is 4. The van der Waals surface area contributed by atoms with Crippen molar-refractivity contribution in [3.05, 3.63) is 0 Å². The van der Waals surface area contributed by atoms with Gasteiger partial charge in [-0.25, -0.2) is 0 Å². The van der Waals surface area contributed by atoms with Crippen molar-refractivity contribution in [3.8, 4) is 0 Å². The molecule has 0 spiro atoms. The summed E-state index contributed by atoms with van der Waals surface area (Å²) in [6.07, 6.45) is -3.13. The van der Waals surface area contributed by atoms with Crippen LogP contribution in [0.5, 0.6) is 0 Å². The number of carboxylic acid groups (broad SMARTS) is 3. The van der Waals surface area contributed by atoms with Crippen molar-refractivity contribution in [2.75, 3.05) is 0 Å². The van der Waals surface area contributed by atoms with Gasteiger partial charge in [0.15, 0.2) is 0 Å². The molecule has 0 fully saturated rings. The van der Waals surface area contributed by atoms with Gasteiger partial charge in [-0.15, -0.1) is 0 Å². The first-order chi connectivity index (χ1) is 7.20. The largest absolute Gasteiger partial charge is 0.481 e. The molecule has 0 heterocycles. The second-order valence-corrected chi connectivity index (χ2v) is 3.73. The molecule has 0 aromatic rings. The highest BCUT2D eigenvalue weighted by Gasteiger charge is 2.41. The second kappa shape index (κ2) is 5.45. The van der Waals surface area contributed by atoms with Crippen LogP contribution in [0.4, 0.5) is 0 Å². The Morgan fingerprint density at radius 1 is 1.12 bits per heavy atom. The third kappa shape index (κ3) is 3.85. The van der Waals surface area contributed by atoms with Crippen LogP contribution in [-0.2, 0) is 14.4 Å². The van der Waals surface area contributed by atoms with Crippen LogP contribution in [0, 0.1) is 5.41 Å². The van der Waals surface area contributed by atoms with Gasteiger partial charge in [0, 0.05) is 6.42 Å². The standard InChI is InChI=1S/C9H14O7/c1-9(8(15)16,3-2-6(11)12)5(10)4-7(13)14/h5,10H,2-4H2,1H3,(H,11,12)(H,13,14)(H,15,16). The Kier molecular flexibility index (Phi) is 4.90. The van der Waals surface area contributed by atoms with Gasteiger partial charge in [0.05, 0.1) is 17.9 Å². The Morgan fingerprint density at radius 2 is 1.62 bits per heavy atom. The highest BCUT2D eigenvalue weighted by molar-refractivity contribution is 5.78. The quantitative estimate of drug-likeness (QED) is 0.478. The first-order valence-corrected chi connectivity index (χ1v) is 4.55. The minimum absolute atomic E-state index is 0.327. The molecule has 0 radical (unpaired) electrons. The van der Waals surface area contributed by atoms with E-state index < -0.39 is 42.3 Å². The molecule has 2 atom stereocenters. The summed E-state index contributed by atoms with van der Waals surface area (Å²) < 4.78 is 0. The molecule has 0 saturated carbocycles. The number of rotatable bonds is 7. The summed E-state index contributed by atoms with van der Waals surface area (Å²) in [7, 11) is 0. The van der Waals surface area contributed by atoms with Crippen LogP contribution in [0.15, 0.2) is 0 Å². The molecule has 0 aromatic carbocycles. The summed E-state index contributed by atoms with van der Waals surface area (Å²) >= 11 is 0. The van der Waals surface area contributed by atoms with E-state index in [1.54, 1.807) is 0 Å². The molecule has 0 aliphatic heterocycles. The number of aliphatic hydroxyl groups excluding tert-OH is 1. The van der Waals surface area contributed by atoms with Gasteiger partial charge in [0.2, 0.25) is 0 Å². The van der Waals surface area contributed by atoms with E-state index >= 15 is 0 Å². The molecule has 0 aromatic heterocycles. The van der Waals surface area contributed by atoms with Crippen molar-refractivity contribution in [2.45, 2.75) is 32.3 Å². The molecular formula is C9H14O7. The summed E-state index contributed by atoms with van der Waals surface area (Å²) in [5, 5.41) is 35.2. The van der Waals surface area contributed by atoms with Gasteiger partial charge in [-0.1, -0.05) is 0 Å². The third-order valence-corrected chi connectivity index (χ3v) is 2.45. The third-order valence-electron chi connectivity index (χ3n) is 2.45. The second-order valence-electron chi connectivity index (χ2n) is 3.73. The fourth-order valence-electron chi connectivity index (χ4n) is 1.17. The maximum Gasteiger partial charge on any atom is 0.312 e. The summed E-state index contributed by atoms with van der Waals surface area (Å²) in [6.45, 7) is 1.13. The molecule has 4 N–H and O–H groups in total. The van der Waals surface area contributed by atoms with E-state index in [1.165, 1.54) is 0 Å². The van der Waals surface area contributed by atoms with E-state index in [4.69, 9.17) is 15.3 Å². The first-order valence-electron chi connectivity index (χ1n) is 4.55. The molecule has 7 heteroatoms. The molecule has 0 aliphatic carbocycles. The van der Waals surface area contributed by atoms with Gasteiger partial charge in [0.25, 0.3) is 0 Å². The minimum Gasteiger partial charge on any atom is -0.481 e. The Labute approximate surface area is 91.3 Å². The van der Waals surface area contributed by atoms with E-state index in [2.05, 4.69) is 0 Å². The van der Waals surface area contributed by atoms with Crippen molar-refractivity contribution >= 4 is 17.9 Å². The van der Waals surface area contributed by atoms with Gasteiger partial charge in [-0.3, -0.25) is 14.4 Å². The Balaban J connectivity index is 4.73. The average Bonchev–Trinajstić information content (AvgIpc) is 2.12. The van der Waals surface area contributed by atoms with Crippen molar-refractivity contribution in [1.82, 2.24) is 0 Å². The molecule has 16 heavy (non-hydrogen) atoms. The van der Waals surface area contributed by atoms with Gasteiger partial charge < -0.3 is 20.4 Å². The molecule has 0 bridgehead atoms. The maximum absolute atomic E-state index is 10.9. The Hall–Kier alpha value is -1.63. The average molecular weight is 234 g/mol. The molecule has 0 aliphatic rings. The number of hydrogen-bond acceptors (Lipinski definition) is 4. The zero-order valence-electron chi connectivity index (χ0n) is 8.71. The van der Waals surface area contributed by atoms with Gasteiger partial charge in [-0.2, -0.15) is 0 Å². The van der Waals surface area contributed by atoms with E-state index in [9.17, 15) is 19.5 Å². The number of aliphatic carboxylic acids is 3. The molecular weight excluding hydrogens is 220 g/mol. The molecule has 0 amide bonds. The van der Waals surface area contributed by atoms with Gasteiger partial charge in [0.1, 0.15) is 0 Å². The van der Waals surface area contributed by atoms with Crippen LogP contribution < -0.4 is 0 Å². The van der Waals surface area contributed by atoms with Crippen LogP contribution >= 0.6 is 0 Å². The zero-order valence-corrected chi connectivity index (χ0v) is 8.71. The fraction of sp³-hybridized carbons (Fsp3) is 0.667. The highest BCUT2D eigenvalue weighted by atomic mass is 16.4. The lowest BCUT2D eigenvalue weighted by Gasteiger charge is -2.28. The SMILES string of the molecule is CC(CCC(=O)O)(C(=O)O)C(O)CC(=O)O. The van der Waals surface area contributed by atoms with Crippen LogP contribution in [0.2, 0.25) is 0 Å². The van der Waals surface area contributed by atoms with Gasteiger partial charge >= 0.3 is 17.9 Å². The Morgan fingerprint density at radius 3 is 1.94 bits per heavy atom. The van der Waals surface area contributed by atoms with E-state index in [-0.39, 0.29) is 6.42 Å². The number of carbonyl (C=O) groups is 3. The normalized spacial score (nSPS) is 16.1. The molecule has 0 rings (SSSR count). The predicted octanol–water partition coefficient (Wildman–Crippen LogP) is -0.222. The summed E-state index contributed by atoms with van der Waals surface area (Å²) in [5.41, 5.74) is -1.77. The van der Waals surface area contributed by atoms with Crippen molar-refractivity contribution in [2.24, 2.45) is 5.41 Å². The number of aliphatic hydroxyl groups is 1. The lowest BCUT2D eigenvalue weighted by atomic mass is 9.78. The monoisotopic (exact) mass is 234 g/mol. The van der Waals surface area contributed by atoms with Crippen LogP contribution in [0.25, 0.3) is 0 Å². The lowest BCUT2D eigenvalue weighted by Crippen LogP contribution is -2.41. The van der Waals surface area contributed by atoms with E-state index in [1.807, 2.05) is 0 Å². The molecule has 2 unspecified atom stereocenters. The maximum atomic E-state index is 10.9. The fourth-order valence-corrected chi connectivity index (χ4v) is 1.17. The summed E-state index contributed by atoms with van der Waals surface area (Å²) in [4.78, 5) is 31.6. The van der Waals surface area contributed by atoms with Crippen LogP contribution in [-0.4, -0.2) is 44.4 Å². The first kappa shape index (κ1) is 14.4. The Bertz CT molecular complexity index is 298. The summed E-state index contributed by atoms with van der Waals surface area (Å²) in [6, 6.07) is 0. The zero-order chi connectivity index (χ0) is 12.9. The smallest absolute Gasteiger partial charge is 0.312 e. The van der Waals surface area contributed by atoms with Crippen LogP contribution in [0.3, 0.4) is 0 Å². The lowest BCUT2D eigenvalue weighted by molar-refractivity contribution is -0.159. The highest BCUT2D eigenvalue weighted by Crippen LogP contribution is 2.30. The molecule has 7 nitrogen and oxygen atoms in total. The predicted molar refractivity (Wildman–Crippen MR) is 50.9 cm³/mol. The van der Waals surface area contributed by atoms with Crippen molar-refractivity contribution in [3.63, 3.8) is 0 Å². The molecule has 92 valence electrons. The number of carboxylic acids is 3. The topological polar surface area (TPSA) is 132 Å².